The lowest BCUT2D eigenvalue weighted by Crippen LogP contribution is -2.18. The van der Waals surface area contributed by atoms with Crippen molar-refractivity contribution < 1.29 is 0 Å². The molecular formula is C14H20N2. The summed E-state index contributed by atoms with van der Waals surface area (Å²) >= 11 is 0. The van der Waals surface area contributed by atoms with Crippen LogP contribution in [0.1, 0.15) is 44.6 Å². The summed E-state index contributed by atoms with van der Waals surface area (Å²) in [5.41, 5.74) is 2.55. The molecule has 2 nitrogen and oxygen atoms in total. The van der Waals surface area contributed by atoms with Crippen LogP contribution in [0.15, 0.2) is 23.3 Å². The Hall–Kier alpha value is -1.18. The second-order valence-corrected chi connectivity index (χ2v) is 4.60. The molecule has 1 aliphatic rings. The molecule has 16 heavy (non-hydrogen) atoms. The molecule has 0 spiro atoms. The average molecular weight is 216 g/mol. The smallest absolute Gasteiger partial charge is 0.154 e. The molecule has 1 heterocycles. The van der Waals surface area contributed by atoms with Gasteiger partial charge in [-0.3, -0.25) is 0 Å². The molecule has 1 aromatic rings. The Kier molecular flexibility index (Phi) is 3.70. The van der Waals surface area contributed by atoms with E-state index in [0.717, 1.165) is 12.2 Å². The van der Waals surface area contributed by atoms with Crippen LogP contribution < -0.4 is 0 Å². The first kappa shape index (κ1) is 11.3. The zero-order chi connectivity index (χ0) is 11.4. The third-order valence-electron chi connectivity index (χ3n) is 3.43. The van der Waals surface area contributed by atoms with Crippen molar-refractivity contribution in [1.29, 1.82) is 0 Å². The van der Waals surface area contributed by atoms with Gasteiger partial charge in [0.05, 0.1) is 0 Å². The molecule has 86 valence electrons. The fourth-order valence-corrected chi connectivity index (χ4v) is 2.38. The second-order valence-electron chi connectivity index (χ2n) is 4.60. The monoisotopic (exact) mass is 216 g/mol. The van der Waals surface area contributed by atoms with E-state index in [4.69, 9.17) is 4.99 Å². The predicted octanol–water partition coefficient (Wildman–Crippen LogP) is 4.06. The molecule has 0 radical (unpaired) electrons. The van der Waals surface area contributed by atoms with Crippen LogP contribution in [-0.4, -0.2) is 10.7 Å². The number of pyridine rings is 1. The van der Waals surface area contributed by atoms with E-state index in [2.05, 4.69) is 24.9 Å². The molecule has 0 aromatic carbocycles. The van der Waals surface area contributed by atoms with Crippen LogP contribution in [-0.2, 0) is 0 Å². The maximum Gasteiger partial charge on any atom is 0.154 e. The number of aromatic nitrogens is 1. The van der Waals surface area contributed by atoms with Crippen LogP contribution in [0.25, 0.3) is 0 Å². The van der Waals surface area contributed by atoms with E-state index < -0.39 is 0 Å². The summed E-state index contributed by atoms with van der Waals surface area (Å²) in [5, 5.41) is 0. The van der Waals surface area contributed by atoms with E-state index in [0.29, 0.717) is 5.92 Å². The van der Waals surface area contributed by atoms with Gasteiger partial charge in [-0.25, -0.2) is 9.98 Å². The Morgan fingerprint density at radius 3 is 3.06 bits per heavy atom. The van der Waals surface area contributed by atoms with Gasteiger partial charge >= 0.3 is 0 Å². The second kappa shape index (κ2) is 5.24. The van der Waals surface area contributed by atoms with Crippen LogP contribution in [0, 0.1) is 12.8 Å². The van der Waals surface area contributed by atoms with Gasteiger partial charge in [-0.1, -0.05) is 19.4 Å². The number of aliphatic imine (C=N–C) groups is 1. The molecule has 1 aliphatic carbocycles. The molecular weight excluding hydrogens is 196 g/mol. The minimum Gasteiger partial charge on any atom is -0.238 e. The SMILES string of the molecule is CCC1CCCC/C1=N\c1ncccc1C. The van der Waals surface area contributed by atoms with Crippen molar-refractivity contribution >= 4 is 11.5 Å². The summed E-state index contributed by atoms with van der Waals surface area (Å²) in [6.45, 7) is 4.34. The van der Waals surface area contributed by atoms with E-state index in [1.54, 1.807) is 0 Å². The maximum atomic E-state index is 4.78. The third kappa shape index (κ3) is 2.49. The molecule has 0 saturated heterocycles. The summed E-state index contributed by atoms with van der Waals surface area (Å²) in [7, 11) is 0. The van der Waals surface area contributed by atoms with Crippen molar-refractivity contribution in [2.75, 3.05) is 0 Å². The molecule has 0 N–H and O–H groups in total. The molecule has 1 unspecified atom stereocenters. The highest BCUT2D eigenvalue weighted by Crippen LogP contribution is 2.27. The lowest BCUT2D eigenvalue weighted by atomic mass is 9.85. The quantitative estimate of drug-likeness (QED) is 0.731. The zero-order valence-corrected chi connectivity index (χ0v) is 10.2. The normalized spacial score (nSPS) is 23.6. The lowest BCUT2D eigenvalue weighted by Gasteiger charge is -2.22. The van der Waals surface area contributed by atoms with E-state index >= 15 is 0 Å². The molecule has 1 aromatic heterocycles. The lowest BCUT2D eigenvalue weighted by molar-refractivity contribution is 0.514. The van der Waals surface area contributed by atoms with Gasteiger partial charge in [-0.05, 0) is 50.2 Å². The van der Waals surface area contributed by atoms with E-state index in [9.17, 15) is 0 Å². The van der Waals surface area contributed by atoms with Gasteiger partial charge < -0.3 is 0 Å². The van der Waals surface area contributed by atoms with Gasteiger partial charge in [-0.15, -0.1) is 0 Å². The molecule has 2 rings (SSSR count). The number of nitrogens with zero attached hydrogens (tertiary/aromatic N) is 2. The standard InChI is InChI=1S/C14H20N2/c1-3-12-8-4-5-9-13(12)16-14-11(2)7-6-10-15-14/h6-7,10,12H,3-5,8-9H2,1-2H3/b16-13+. The summed E-state index contributed by atoms with van der Waals surface area (Å²) in [6.07, 6.45) is 8.16. The number of aryl methyl sites for hydroxylation is 1. The zero-order valence-electron chi connectivity index (χ0n) is 10.2. The first-order chi connectivity index (χ1) is 7.81. The van der Waals surface area contributed by atoms with Gasteiger partial charge in [-0.2, -0.15) is 0 Å². The minimum atomic E-state index is 0.690. The molecule has 1 fully saturated rings. The number of rotatable bonds is 2. The fourth-order valence-electron chi connectivity index (χ4n) is 2.38. The Labute approximate surface area is 97.8 Å². The van der Waals surface area contributed by atoms with E-state index in [1.165, 1.54) is 37.0 Å². The van der Waals surface area contributed by atoms with Gasteiger partial charge in [0.15, 0.2) is 5.82 Å². The van der Waals surface area contributed by atoms with E-state index in [-0.39, 0.29) is 0 Å². The Bertz CT molecular complexity index is 382. The number of hydrogen-bond donors (Lipinski definition) is 0. The topological polar surface area (TPSA) is 25.2 Å². The maximum absolute atomic E-state index is 4.78. The van der Waals surface area contributed by atoms with Crippen LogP contribution in [0.5, 0.6) is 0 Å². The van der Waals surface area contributed by atoms with Crippen molar-refractivity contribution in [3.63, 3.8) is 0 Å². The summed E-state index contributed by atoms with van der Waals surface area (Å²) < 4.78 is 0. The molecule has 2 heteroatoms. The molecule has 1 atom stereocenters. The van der Waals surface area contributed by atoms with Crippen molar-refractivity contribution in [3.8, 4) is 0 Å². The van der Waals surface area contributed by atoms with Crippen LogP contribution in [0.3, 0.4) is 0 Å². The van der Waals surface area contributed by atoms with Crippen LogP contribution in [0.4, 0.5) is 5.82 Å². The molecule has 0 bridgehead atoms. The largest absolute Gasteiger partial charge is 0.238 e. The summed E-state index contributed by atoms with van der Waals surface area (Å²) in [5.74, 6) is 1.60. The molecule has 0 aliphatic heterocycles. The average Bonchev–Trinajstić information content (AvgIpc) is 2.33. The van der Waals surface area contributed by atoms with Gasteiger partial charge in [0.2, 0.25) is 0 Å². The van der Waals surface area contributed by atoms with Crippen LogP contribution in [0.2, 0.25) is 0 Å². The van der Waals surface area contributed by atoms with E-state index in [1.807, 2.05) is 12.3 Å². The highest BCUT2D eigenvalue weighted by atomic mass is 14.9. The predicted molar refractivity (Wildman–Crippen MR) is 68.3 cm³/mol. The van der Waals surface area contributed by atoms with Crippen molar-refractivity contribution in [2.45, 2.75) is 46.0 Å². The van der Waals surface area contributed by atoms with Crippen molar-refractivity contribution in [3.05, 3.63) is 23.9 Å². The molecule has 0 amide bonds. The van der Waals surface area contributed by atoms with Gasteiger partial charge in [0.25, 0.3) is 0 Å². The third-order valence-corrected chi connectivity index (χ3v) is 3.43. The van der Waals surface area contributed by atoms with Crippen LogP contribution >= 0.6 is 0 Å². The first-order valence-corrected chi connectivity index (χ1v) is 6.30. The Morgan fingerprint density at radius 2 is 2.31 bits per heavy atom. The Morgan fingerprint density at radius 1 is 1.44 bits per heavy atom. The Balaban J connectivity index is 2.25. The highest BCUT2D eigenvalue weighted by Gasteiger charge is 2.18. The van der Waals surface area contributed by atoms with Crippen molar-refractivity contribution in [2.24, 2.45) is 10.9 Å². The van der Waals surface area contributed by atoms with Gasteiger partial charge in [0.1, 0.15) is 0 Å². The minimum absolute atomic E-state index is 0.690. The number of hydrogen-bond acceptors (Lipinski definition) is 2. The molecule has 1 saturated carbocycles. The fraction of sp³-hybridized carbons (Fsp3) is 0.571. The summed E-state index contributed by atoms with van der Waals surface area (Å²) in [4.78, 5) is 9.13. The van der Waals surface area contributed by atoms with Crippen molar-refractivity contribution in [1.82, 2.24) is 4.98 Å². The first-order valence-electron chi connectivity index (χ1n) is 6.30. The van der Waals surface area contributed by atoms with Gasteiger partial charge in [0, 0.05) is 11.9 Å². The summed E-state index contributed by atoms with van der Waals surface area (Å²) in [6, 6.07) is 4.05. The highest BCUT2D eigenvalue weighted by molar-refractivity contribution is 5.89.